The fraction of sp³-hybridized carbons (Fsp3) is 0.917. The fourth-order valence-corrected chi connectivity index (χ4v) is 5.56. The summed E-state index contributed by atoms with van der Waals surface area (Å²) in [6.45, 7) is 6.79. The van der Waals surface area contributed by atoms with Gasteiger partial charge in [-0.25, -0.2) is 8.42 Å². The molecule has 3 atom stereocenters. The zero-order valence-electron chi connectivity index (χ0n) is 10.2. The number of sulfonamides is 1. The van der Waals surface area contributed by atoms with Crippen molar-refractivity contribution in [3.05, 3.63) is 0 Å². The minimum absolute atomic E-state index is 0.0236. The van der Waals surface area contributed by atoms with Crippen molar-refractivity contribution >= 4 is 15.7 Å². The maximum Gasteiger partial charge on any atom is 0.253 e. The lowest BCUT2D eigenvalue weighted by atomic mass is 9.70. The van der Waals surface area contributed by atoms with Gasteiger partial charge in [-0.2, -0.15) is 4.40 Å². The maximum absolute atomic E-state index is 11.6. The van der Waals surface area contributed by atoms with E-state index in [-0.39, 0.29) is 16.6 Å². The summed E-state index contributed by atoms with van der Waals surface area (Å²) in [6, 6.07) is 0. The molecule has 1 heterocycles. The summed E-state index contributed by atoms with van der Waals surface area (Å²) in [5.74, 6) is 1.34. The second kappa shape index (κ2) is 2.71. The van der Waals surface area contributed by atoms with Crippen LogP contribution in [0.1, 0.15) is 40.0 Å². The third-order valence-electron chi connectivity index (χ3n) is 5.63. The highest BCUT2D eigenvalue weighted by Crippen LogP contribution is 2.67. The Bertz CT molecular complexity index is 477. The van der Waals surface area contributed by atoms with Crippen molar-refractivity contribution in [2.45, 2.75) is 40.0 Å². The number of nitrogens with zero attached hydrogens (tertiary/aromatic N) is 1. The molecule has 3 aliphatic rings. The Morgan fingerprint density at radius 2 is 1.94 bits per heavy atom. The van der Waals surface area contributed by atoms with Gasteiger partial charge in [0.05, 0.1) is 5.75 Å². The lowest BCUT2D eigenvalue weighted by Crippen LogP contribution is -2.36. The first kappa shape index (κ1) is 10.8. The predicted octanol–water partition coefficient (Wildman–Crippen LogP) is 2.23. The third kappa shape index (κ3) is 1.04. The van der Waals surface area contributed by atoms with Crippen molar-refractivity contribution in [3.8, 4) is 0 Å². The molecule has 4 heteroatoms. The van der Waals surface area contributed by atoms with Crippen LogP contribution in [0, 0.1) is 22.7 Å². The Morgan fingerprint density at radius 3 is 2.62 bits per heavy atom. The molecule has 0 N–H and O–H groups in total. The molecule has 2 bridgehead atoms. The Morgan fingerprint density at radius 1 is 1.25 bits per heavy atom. The number of rotatable bonds is 0. The molecule has 0 unspecified atom stereocenters. The first-order chi connectivity index (χ1) is 7.28. The van der Waals surface area contributed by atoms with Crippen LogP contribution in [0.4, 0.5) is 0 Å². The molecule has 0 aromatic heterocycles. The van der Waals surface area contributed by atoms with E-state index >= 15 is 0 Å². The summed E-state index contributed by atoms with van der Waals surface area (Å²) >= 11 is 0. The average Bonchev–Trinajstić information content (AvgIpc) is 2.47. The van der Waals surface area contributed by atoms with Crippen LogP contribution in [0.2, 0.25) is 0 Å². The predicted molar refractivity (Wildman–Crippen MR) is 63.9 cm³/mol. The van der Waals surface area contributed by atoms with Crippen LogP contribution in [-0.2, 0) is 10.0 Å². The zero-order valence-corrected chi connectivity index (χ0v) is 11.0. The second-order valence-corrected chi connectivity index (χ2v) is 8.11. The lowest BCUT2D eigenvalue weighted by Gasteiger charge is -2.35. The Hall–Kier alpha value is -0.380. The van der Waals surface area contributed by atoms with Crippen LogP contribution in [0.15, 0.2) is 4.40 Å². The van der Waals surface area contributed by atoms with E-state index in [1.165, 1.54) is 6.42 Å². The monoisotopic (exact) mass is 241 g/mol. The third-order valence-corrected chi connectivity index (χ3v) is 6.86. The topological polar surface area (TPSA) is 46.5 Å². The molecule has 2 fully saturated rings. The zero-order chi connectivity index (χ0) is 11.8. The van der Waals surface area contributed by atoms with E-state index in [0.29, 0.717) is 11.8 Å². The number of hydrogen-bond donors (Lipinski definition) is 0. The lowest BCUT2D eigenvalue weighted by molar-refractivity contribution is 0.177. The molecule has 3 rings (SSSR count). The molecule has 0 aromatic rings. The van der Waals surface area contributed by atoms with Crippen LogP contribution in [0.5, 0.6) is 0 Å². The van der Waals surface area contributed by atoms with E-state index < -0.39 is 10.0 Å². The summed E-state index contributed by atoms with van der Waals surface area (Å²) in [5.41, 5.74) is 1.24. The van der Waals surface area contributed by atoms with Gasteiger partial charge in [-0.15, -0.1) is 0 Å². The van der Waals surface area contributed by atoms with Crippen molar-refractivity contribution < 1.29 is 8.42 Å². The minimum Gasteiger partial charge on any atom is -0.205 e. The highest BCUT2D eigenvalue weighted by atomic mass is 32.2. The number of hydrogen-bond acceptors (Lipinski definition) is 2. The molecule has 2 saturated carbocycles. The molecular formula is C12H19NO2S. The fourth-order valence-electron chi connectivity index (χ4n) is 4.28. The van der Waals surface area contributed by atoms with Crippen LogP contribution in [0.25, 0.3) is 0 Å². The maximum atomic E-state index is 11.6. The van der Waals surface area contributed by atoms with E-state index in [0.717, 1.165) is 18.6 Å². The molecule has 90 valence electrons. The SMILES string of the molecule is CC1(C)[C@@H]2CC[C@@]1(C)C1=NS(=O)(=O)CC[C@H]12. The van der Waals surface area contributed by atoms with Gasteiger partial charge in [-0.3, -0.25) is 0 Å². The summed E-state index contributed by atoms with van der Waals surface area (Å²) in [5, 5.41) is 0. The quantitative estimate of drug-likeness (QED) is 0.653. The Labute approximate surface area is 97.4 Å². The van der Waals surface area contributed by atoms with E-state index in [2.05, 4.69) is 25.2 Å². The normalized spacial score (nSPS) is 47.6. The Balaban J connectivity index is 2.20. The van der Waals surface area contributed by atoms with Gasteiger partial charge in [0.2, 0.25) is 0 Å². The van der Waals surface area contributed by atoms with Gasteiger partial charge in [0.25, 0.3) is 10.0 Å². The first-order valence-corrected chi connectivity index (χ1v) is 7.72. The van der Waals surface area contributed by atoms with E-state index in [4.69, 9.17) is 0 Å². The van der Waals surface area contributed by atoms with Crippen molar-refractivity contribution in [1.29, 1.82) is 0 Å². The Kier molecular flexibility index (Phi) is 1.82. The first-order valence-electron chi connectivity index (χ1n) is 6.11. The molecule has 1 aliphatic heterocycles. The van der Waals surface area contributed by atoms with Crippen LogP contribution in [-0.4, -0.2) is 19.9 Å². The summed E-state index contributed by atoms with van der Waals surface area (Å²) in [6.07, 6.45) is 3.15. The average molecular weight is 241 g/mol. The molecular weight excluding hydrogens is 222 g/mol. The highest BCUT2D eigenvalue weighted by Gasteiger charge is 2.65. The van der Waals surface area contributed by atoms with Crippen LogP contribution < -0.4 is 0 Å². The highest BCUT2D eigenvalue weighted by molar-refractivity contribution is 7.90. The van der Waals surface area contributed by atoms with Crippen LogP contribution in [0.3, 0.4) is 0 Å². The van der Waals surface area contributed by atoms with Crippen molar-refractivity contribution in [2.24, 2.45) is 27.1 Å². The smallest absolute Gasteiger partial charge is 0.205 e. The standard InChI is InChI=1S/C12H19NO2S/c1-11(2)9-4-6-12(11,3)10-8(9)5-7-16(14,15)13-10/h8-9H,4-7H2,1-3H3/t8-,9+,12-/m0/s1. The van der Waals surface area contributed by atoms with Crippen molar-refractivity contribution in [2.75, 3.05) is 5.75 Å². The molecule has 0 saturated heterocycles. The molecule has 0 amide bonds. The summed E-state index contributed by atoms with van der Waals surface area (Å²) in [4.78, 5) is 0. The van der Waals surface area contributed by atoms with Gasteiger partial charge in [-0.1, -0.05) is 20.8 Å². The van der Waals surface area contributed by atoms with Gasteiger partial charge in [0.15, 0.2) is 0 Å². The van der Waals surface area contributed by atoms with Gasteiger partial charge >= 0.3 is 0 Å². The molecule has 3 nitrogen and oxygen atoms in total. The van der Waals surface area contributed by atoms with Crippen molar-refractivity contribution in [3.63, 3.8) is 0 Å². The molecule has 0 spiro atoms. The van der Waals surface area contributed by atoms with Gasteiger partial charge in [0, 0.05) is 17.0 Å². The van der Waals surface area contributed by atoms with Crippen LogP contribution >= 0.6 is 0 Å². The minimum atomic E-state index is -3.16. The molecule has 0 aromatic carbocycles. The van der Waals surface area contributed by atoms with E-state index in [1.54, 1.807) is 0 Å². The largest absolute Gasteiger partial charge is 0.253 e. The van der Waals surface area contributed by atoms with Crippen molar-refractivity contribution in [1.82, 2.24) is 0 Å². The molecule has 2 aliphatic carbocycles. The molecule has 0 radical (unpaired) electrons. The summed E-state index contributed by atoms with van der Waals surface area (Å²) < 4.78 is 27.4. The number of fused-ring (bicyclic) bond motifs is 5. The van der Waals surface area contributed by atoms with Gasteiger partial charge < -0.3 is 0 Å². The van der Waals surface area contributed by atoms with E-state index in [9.17, 15) is 8.42 Å². The van der Waals surface area contributed by atoms with Gasteiger partial charge in [-0.05, 0) is 30.6 Å². The second-order valence-electron chi connectivity index (χ2n) is 6.36. The summed E-state index contributed by atoms with van der Waals surface area (Å²) in [7, 11) is -3.16. The van der Waals surface area contributed by atoms with Gasteiger partial charge in [0.1, 0.15) is 0 Å². The molecule has 16 heavy (non-hydrogen) atoms. The van der Waals surface area contributed by atoms with E-state index in [1.807, 2.05) is 0 Å².